The lowest BCUT2D eigenvalue weighted by molar-refractivity contribution is -0.159. The Kier molecular flexibility index (Phi) is 4.26. The fraction of sp³-hybridized carbons (Fsp3) is 0.150. The molecule has 0 amide bonds. The molecule has 28 heavy (non-hydrogen) atoms. The molecular formula is C20H14F3N3O2. The molecule has 0 aliphatic carbocycles. The molecule has 0 bridgehead atoms. The lowest BCUT2D eigenvalue weighted by atomic mass is 9.99. The predicted octanol–water partition coefficient (Wildman–Crippen LogP) is 4.68. The summed E-state index contributed by atoms with van der Waals surface area (Å²) in [5.74, 6) is -1.73. The first-order chi connectivity index (χ1) is 13.3. The van der Waals surface area contributed by atoms with Crippen LogP contribution in [0.2, 0.25) is 0 Å². The number of alkyl halides is 3. The zero-order chi connectivity index (χ0) is 19.9. The van der Waals surface area contributed by atoms with Crippen LogP contribution < -0.4 is 5.56 Å². The minimum Gasteiger partial charge on any atom is -0.329 e. The molecule has 4 aromatic rings. The van der Waals surface area contributed by atoms with Crippen LogP contribution in [0.15, 0.2) is 70.1 Å². The summed E-state index contributed by atoms with van der Waals surface area (Å²) in [7, 11) is 0. The number of benzene rings is 2. The zero-order valence-electron chi connectivity index (χ0n) is 14.6. The molecule has 142 valence electrons. The molecule has 0 N–H and O–H groups in total. The Balaban J connectivity index is 1.72. The van der Waals surface area contributed by atoms with Crippen molar-refractivity contribution in [2.24, 2.45) is 0 Å². The van der Waals surface area contributed by atoms with Gasteiger partial charge in [-0.2, -0.15) is 18.2 Å². The first-order valence-corrected chi connectivity index (χ1v) is 8.46. The van der Waals surface area contributed by atoms with Gasteiger partial charge in [0, 0.05) is 17.8 Å². The molecule has 2 aromatic heterocycles. The molecule has 8 heteroatoms. The number of hydrogen-bond donors (Lipinski definition) is 0. The molecule has 0 aliphatic heterocycles. The molecule has 1 atom stereocenters. The molecule has 0 saturated carbocycles. The lowest BCUT2D eigenvalue weighted by Crippen LogP contribution is -2.23. The van der Waals surface area contributed by atoms with E-state index in [0.29, 0.717) is 0 Å². The number of rotatable bonds is 3. The van der Waals surface area contributed by atoms with E-state index in [0.717, 1.165) is 16.3 Å². The van der Waals surface area contributed by atoms with Crippen molar-refractivity contribution >= 4 is 10.8 Å². The van der Waals surface area contributed by atoms with E-state index < -0.39 is 12.1 Å². The standard InChI is InChI=1S/C20H14F3N3O2/c1-12(15-8-4-6-13-5-2-3-7-16(13)15)26-10-9-14(11-17(26)27)18-24-19(28-25-18)20(21,22)23/h2-12H,1H3. The third-order valence-corrected chi connectivity index (χ3v) is 4.57. The number of halogens is 3. The van der Waals surface area contributed by atoms with Crippen molar-refractivity contribution in [3.63, 3.8) is 0 Å². The number of hydrogen-bond acceptors (Lipinski definition) is 4. The number of pyridine rings is 1. The van der Waals surface area contributed by atoms with E-state index in [1.54, 1.807) is 0 Å². The highest BCUT2D eigenvalue weighted by Gasteiger charge is 2.38. The molecule has 5 nitrogen and oxygen atoms in total. The predicted molar refractivity (Wildman–Crippen MR) is 96.8 cm³/mol. The van der Waals surface area contributed by atoms with E-state index in [1.807, 2.05) is 49.4 Å². The third-order valence-electron chi connectivity index (χ3n) is 4.57. The first-order valence-electron chi connectivity index (χ1n) is 8.46. The minimum absolute atomic E-state index is 0.158. The topological polar surface area (TPSA) is 60.9 Å². The number of nitrogens with zero attached hydrogens (tertiary/aromatic N) is 3. The van der Waals surface area contributed by atoms with Gasteiger partial charge in [-0.25, -0.2) is 0 Å². The van der Waals surface area contributed by atoms with Crippen molar-refractivity contribution in [3.8, 4) is 11.4 Å². The average Bonchev–Trinajstić information content (AvgIpc) is 3.18. The Labute approximate surface area is 157 Å². The smallest absolute Gasteiger partial charge is 0.329 e. The molecule has 0 aliphatic rings. The molecule has 2 aromatic carbocycles. The van der Waals surface area contributed by atoms with Crippen LogP contribution in [0.5, 0.6) is 0 Å². The lowest BCUT2D eigenvalue weighted by Gasteiger charge is -2.18. The van der Waals surface area contributed by atoms with E-state index >= 15 is 0 Å². The molecule has 0 fully saturated rings. The SMILES string of the molecule is CC(c1cccc2ccccc12)n1ccc(-c2noc(C(F)(F)F)n2)cc1=O. The van der Waals surface area contributed by atoms with E-state index in [2.05, 4.69) is 14.7 Å². The molecule has 2 heterocycles. The fourth-order valence-electron chi connectivity index (χ4n) is 3.17. The number of aromatic nitrogens is 3. The van der Waals surface area contributed by atoms with Crippen LogP contribution in [-0.2, 0) is 6.18 Å². The van der Waals surface area contributed by atoms with Gasteiger partial charge in [-0.15, -0.1) is 0 Å². The summed E-state index contributed by atoms with van der Waals surface area (Å²) in [5, 5.41) is 5.40. The zero-order valence-corrected chi connectivity index (χ0v) is 14.6. The Morgan fingerprint density at radius 3 is 2.54 bits per heavy atom. The molecule has 0 radical (unpaired) electrons. The second kappa shape index (κ2) is 6.63. The second-order valence-corrected chi connectivity index (χ2v) is 6.33. The van der Waals surface area contributed by atoms with Crippen molar-refractivity contribution < 1.29 is 17.7 Å². The third kappa shape index (κ3) is 3.17. The molecular weight excluding hydrogens is 371 g/mol. The van der Waals surface area contributed by atoms with Gasteiger partial charge >= 0.3 is 12.1 Å². The van der Waals surface area contributed by atoms with Crippen LogP contribution in [0.1, 0.15) is 24.4 Å². The largest absolute Gasteiger partial charge is 0.471 e. The van der Waals surface area contributed by atoms with E-state index in [-0.39, 0.29) is 23.0 Å². The van der Waals surface area contributed by atoms with Crippen molar-refractivity contribution in [3.05, 3.63) is 82.6 Å². The maximum atomic E-state index is 12.6. The summed E-state index contributed by atoms with van der Waals surface area (Å²) in [6.07, 6.45) is -3.21. The van der Waals surface area contributed by atoms with Gasteiger partial charge in [0.25, 0.3) is 5.56 Å². The van der Waals surface area contributed by atoms with E-state index in [4.69, 9.17) is 0 Å². The molecule has 0 spiro atoms. The van der Waals surface area contributed by atoms with E-state index in [1.165, 1.54) is 22.9 Å². The van der Waals surface area contributed by atoms with Crippen LogP contribution in [0.3, 0.4) is 0 Å². The molecule has 4 rings (SSSR count). The Morgan fingerprint density at radius 1 is 1.07 bits per heavy atom. The van der Waals surface area contributed by atoms with Crippen LogP contribution in [0.25, 0.3) is 22.2 Å². The van der Waals surface area contributed by atoms with Crippen molar-refractivity contribution in [1.82, 2.24) is 14.7 Å². The Morgan fingerprint density at radius 2 is 1.82 bits per heavy atom. The summed E-state index contributed by atoms with van der Waals surface area (Å²) >= 11 is 0. The van der Waals surface area contributed by atoms with Crippen LogP contribution in [0.4, 0.5) is 13.2 Å². The summed E-state index contributed by atoms with van der Waals surface area (Å²) in [6, 6.07) is 16.1. The van der Waals surface area contributed by atoms with E-state index in [9.17, 15) is 18.0 Å². The Hall–Kier alpha value is -3.42. The fourth-order valence-corrected chi connectivity index (χ4v) is 3.17. The maximum Gasteiger partial charge on any atom is 0.471 e. The van der Waals surface area contributed by atoms with Gasteiger partial charge in [0.2, 0.25) is 5.82 Å². The second-order valence-electron chi connectivity index (χ2n) is 6.33. The van der Waals surface area contributed by atoms with Crippen molar-refractivity contribution in [2.45, 2.75) is 19.1 Å². The van der Waals surface area contributed by atoms with Crippen LogP contribution in [0, 0.1) is 0 Å². The van der Waals surface area contributed by atoms with Gasteiger partial charge in [-0.05, 0) is 29.3 Å². The van der Waals surface area contributed by atoms with Gasteiger partial charge in [-0.3, -0.25) is 4.79 Å². The van der Waals surface area contributed by atoms with Gasteiger partial charge in [-0.1, -0.05) is 47.6 Å². The summed E-state index contributed by atoms with van der Waals surface area (Å²) in [5.41, 5.74) is 0.744. The highest BCUT2D eigenvalue weighted by molar-refractivity contribution is 5.86. The van der Waals surface area contributed by atoms with Crippen molar-refractivity contribution in [2.75, 3.05) is 0 Å². The molecule has 1 unspecified atom stereocenters. The van der Waals surface area contributed by atoms with Gasteiger partial charge in [0.1, 0.15) is 0 Å². The highest BCUT2D eigenvalue weighted by Crippen LogP contribution is 2.29. The van der Waals surface area contributed by atoms with Gasteiger partial charge < -0.3 is 9.09 Å². The van der Waals surface area contributed by atoms with Crippen LogP contribution in [-0.4, -0.2) is 14.7 Å². The number of fused-ring (bicyclic) bond motifs is 1. The highest BCUT2D eigenvalue weighted by atomic mass is 19.4. The van der Waals surface area contributed by atoms with Crippen molar-refractivity contribution in [1.29, 1.82) is 0 Å². The quantitative estimate of drug-likeness (QED) is 0.514. The first kappa shape index (κ1) is 18.0. The monoisotopic (exact) mass is 385 g/mol. The average molecular weight is 385 g/mol. The normalized spacial score (nSPS) is 13.0. The summed E-state index contributed by atoms with van der Waals surface area (Å²) < 4.78 is 43.6. The molecule has 0 saturated heterocycles. The maximum absolute atomic E-state index is 12.6. The van der Waals surface area contributed by atoms with Gasteiger partial charge in [0.05, 0.1) is 6.04 Å². The minimum atomic E-state index is -4.73. The Bertz CT molecular complexity index is 1210. The van der Waals surface area contributed by atoms with Gasteiger partial charge in [0.15, 0.2) is 0 Å². The summed E-state index contributed by atoms with van der Waals surface area (Å²) in [4.78, 5) is 15.9. The van der Waals surface area contributed by atoms with Crippen LogP contribution >= 0.6 is 0 Å². The summed E-state index contributed by atoms with van der Waals surface area (Å²) in [6.45, 7) is 1.89.